The molecule has 1 saturated heterocycles. The van der Waals surface area contributed by atoms with Crippen molar-refractivity contribution >= 4 is 28.8 Å². The standard InChI is InChI=1S/C26H31N5O/c1-17-11-18(15-32)14-30(17)24-13-20-9-10-27-25(20)26(29-24)19-7-8-23-22(12-19)28-16-31(23)21-5-3-2-4-6-21/h7-8,10,12-13,16-18,21,32H,2-6,9,11,14-15H2,1H3/t17-,18-/m0/s1. The quantitative estimate of drug-likeness (QED) is 0.629. The van der Waals surface area contributed by atoms with Crippen LogP contribution in [0.2, 0.25) is 0 Å². The maximum Gasteiger partial charge on any atom is 0.129 e. The molecule has 4 heterocycles. The number of nitrogens with zero attached hydrogens (tertiary/aromatic N) is 5. The van der Waals surface area contributed by atoms with Gasteiger partial charge in [-0.3, -0.25) is 4.99 Å². The highest BCUT2D eigenvalue weighted by Gasteiger charge is 2.31. The van der Waals surface area contributed by atoms with Crippen LogP contribution in [0, 0.1) is 5.92 Å². The number of aliphatic imine (C=N–C) groups is 1. The average molecular weight is 430 g/mol. The molecule has 166 valence electrons. The van der Waals surface area contributed by atoms with E-state index in [2.05, 4.69) is 45.6 Å². The number of aliphatic hydroxyl groups excluding tert-OH is 1. The average Bonchev–Trinajstić information content (AvgIpc) is 3.56. The molecule has 3 aliphatic rings. The first-order valence-corrected chi connectivity index (χ1v) is 12.1. The van der Waals surface area contributed by atoms with Gasteiger partial charge in [0.25, 0.3) is 0 Å². The van der Waals surface area contributed by atoms with Crippen LogP contribution < -0.4 is 4.90 Å². The van der Waals surface area contributed by atoms with Gasteiger partial charge in [-0.25, -0.2) is 9.97 Å². The largest absolute Gasteiger partial charge is 0.396 e. The summed E-state index contributed by atoms with van der Waals surface area (Å²) in [6.07, 6.45) is 12.4. The van der Waals surface area contributed by atoms with Crippen molar-refractivity contribution in [2.75, 3.05) is 18.1 Å². The second-order valence-electron chi connectivity index (χ2n) is 9.79. The number of anilines is 1. The summed E-state index contributed by atoms with van der Waals surface area (Å²) in [4.78, 5) is 16.9. The van der Waals surface area contributed by atoms with E-state index in [1.807, 2.05) is 12.5 Å². The van der Waals surface area contributed by atoms with Crippen LogP contribution in [0.25, 0.3) is 22.3 Å². The van der Waals surface area contributed by atoms with Gasteiger partial charge in [0.15, 0.2) is 0 Å². The molecule has 1 saturated carbocycles. The Morgan fingerprint density at radius 2 is 2.00 bits per heavy atom. The van der Waals surface area contributed by atoms with Gasteiger partial charge < -0.3 is 14.6 Å². The van der Waals surface area contributed by atoms with Gasteiger partial charge in [0, 0.05) is 49.4 Å². The fraction of sp³-hybridized carbons (Fsp3) is 0.500. The normalized spacial score (nSPS) is 23.4. The van der Waals surface area contributed by atoms with Gasteiger partial charge in [0.1, 0.15) is 5.82 Å². The van der Waals surface area contributed by atoms with Crippen LogP contribution in [-0.4, -0.2) is 45.0 Å². The van der Waals surface area contributed by atoms with E-state index < -0.39 is 0 Å². The zero-order valence-corrected chi connectivity index (χ0v) is 18.7. The Labute approximate surface area is 189 Å². The molecule has 0 unspecified atom stereocenters. The number of benzene rings is 1. The first kappa shape index (κ1) is 19.9. The third-order valence-electron chi connectivity index (χ3n) is 7.62. The summed E-state index contributed by atoms with van der Waals surface area (Å²) in [5, 5.41) is 9.66. The maximum atomic E-state index is 9.66. The first-order valence-electron chi connectivity index (χ1n) is 12.1. The summed E-state index contributed by atoms with van der Waals surface area (Å²) in [7, 11) is 0. The molecule has 6 heteroatoms. The van der Waals surface area contributed by atoms with Gasteiger partial charge >= 0.3 is 0 Å². The van der Waals surface area contributed by atoms with Crippen molar-refractivity contribution in [3.8, 4) is 11.3 Å². The first-order chi connectivity index (χ1) is 15.7. The van der Waals surface area contributed by atoms with E-state index in [1.165, 1.54) is 43.2 Å². The van der Waals surface area contributed by atoms with E-state index in [0.717, 1.165) is 47.7 Å². The molecule has 1 N–H and O–H groups in total. The molecule has 0 spiro atoms. The van der Waals surface area contributed by atoms with Gasteiger partial charge in [0.2, 0.25) is 0 Å². The summed E-state index contributed by atoms with van der Waals surface area (Å²) in [6.45, 7) is 3.32. The summed E-state index contributed by atoms with van der Waals surface area (Å²) in [5.74, 6) is 1.32. The Morgan fingerprint density at radius 1 is 1.12 bits per heavy atom. The third-order valence-corrected chi connectivity index (χ3v) is 7.62. The van der Waals surface area contributed by atoms with E-state index in [0.29, 0.717) is 18.0 Å². The number of fused-ring (bicyclic) bond motifs is 2. The molecule has 32 heavy (non-hydrogen) atoms. The van der Waals surface area contributed by atoms with E-state index >= 15 is 0 Å². The Kier molecular flexibility index (Phi) is 4.98. The molecular formula is C26H31N5O. The molecular weight excluding hydrogens is 398 g/mol. The second kappa shape index (κ2) is 8.00. The molecule has 2 atom stereocenters. The molecule has 6 nitrogen and oxygen atoms in total. The fourth-order valence-electron chi connectivity index (χ4n) is 5.88. The lowest BCUT2D eigenvalue weighted by Crippen LogP contribution is -2.28. The van der Waals surface area contributed by atoms with Gasteiger partial charge in [-0.15, -0.1) is 0 Å². The minimum Gasteiger partial charge on any atom is -0.396 e. The summed E-state index contributed by atoms with van der Waals surface area (Å²) < 4.78 is 2.38. The predicted octanol–water partition coefficient (Wildman–Crippen LogP) is 5.07. The molecule has 3 aromatic rings. The Hall–Kier alpha value is -2.73. The van der Waals surface area contributed by atoms with Crippen LogP contribution in [0.15, 0.2) is 35.6 Å². The zero-order chi connectivity index (χ0) is 21.7. The van der Waals surface area contributed by atoms with Crippen LogP contribution in [0.5, 0.6) is 0 Å². The summed E-state index contributed by atoms with van der Waals surface area (Å²) >= 11 is 0. The molecule has 0 amide bonds. The zero-order valence-electron chi connectivity index (χ0n) is 18.7. The molecule has 2 aliphatic heterocycles. The molecule has 2 aromatic heterocycles. The minimum atomic E-state index is 0.238. The van der Waals surface area contributed by atoms with E-state index in [-0.39, 0.29) is 6.61 Å². The Morgan fingerprint density at radius 3 is 2.81 bits per heavy atom. The Balaban J connectivity index is 1.40. The van der Waals surface area contributed by atoms with E-state index in [4.69, 9.17) is 9.97 Å². The molecule has 0 bridgehead atoms. The van der Waals surface area contributed by atoms with Crippen molar-refractivity contribution in [3.05, 3.63) is 36.2 Å². The highest BCUT2D eigenvalue weighted by molar-refractivity contribution is 5.89. The monoisotopic (exact) mass is 429 g/mol. The van der Waals surface area contributed by atoms with Gasteiger partial charge in [-0.2, -0.15) is 0 Å². The minimum absolute atomic E-state index is 0.238. The van der Waals surface area contributed by atoms with Crippen molar-refractivity contribution in [1.29, 1.82) is 0 Å². The fourth-order valence-corrected chi connectivity index (χ4v) is 5.88. The summed E-state index contributed by atoms with van der Waals surface area (Å²) in [6, 6.07) is 9.73. The predicted molar refractivity (Wildman–Crippen MR) is 129 cm³/mol. The van der Waals surface area contributed by atoms with Crippen LogP contribution >= 0.6 is 0 Å². The van der Waals surface area contributed by atoms with Crippen LogP contribution in [0.1, 0.15) is 57.1 Å². The topological polar surface area (TPSA) is 66.5 Å². The smallest absolute Gasteiger partial charge is 0.129 e. The summed E-state index contributed by atoms with van der Waals surface area (Å²) in [5.41, 5.74) is 6.50. The van der Waals surface area contributed by atoms with Crippen molar-refractivity contribution in [2.45, 2.75) is 64.0 Å². The van der Waals surface area contributed by atoms with Gasteiger partial charge in [-0.05, 0) is 49.9 Å². The van der Waals surface area contributed by atoms with Gasteiger partial charge in [-0.1, -0.05) is 25.3 Å². The molecule has 1 aliphatic carbocycles. The number of aliphatic hydroxyl groups is 1. The molecule has 6 rings (SSSR count). The van der Waals surface area contributed by atoms with E-state index in [1.54, 1.807) is 0 Å². The lowest BCUT2D eigenvalue weighted by Gasteiger charge is -2.24. The number of imidazole rings is 1. The number of aromatic nitrogens is 3. The van der Waals surface area contributed by atoms with Crippen LogP contribution in [0.4, 0.5) is 11.5 Å². The molecule has 0 radical (unpaired) electrons. The second-order valence-corrected chi connectivity index (χ2v) is 9.79. The van der Waals surface area contributed by atoms with E-state index in [9.17, 15) is 5.11 Å². The van der Waals surface area contributed by atoms with Crippen LogP contribution in [0.3, 0.4) is 0 Å². The SMILES string of the molecule is C[C@H]1C[C@H](CO)CN1c1cc2c(c(-c3ccc4c(c3)ncn4C3CCCCC3)n1)N=CC2. The van der Waals surface area contributed by atoms with Crippen molar-refractivity contribution in [1.82, 2.24) is 14.5 Å². The lowest BCUT2D eigenvalue weighted by atomic mass is 9.95. The maximum absolute atomic E-state index is 9.66. The highest BCUT2D eigenvalue weighted by Crippen LogP contribution is 2.40. The van der Waals surface area contributed by atoms with Crippen molar-refractivity contribution in [3.63, 3.8) is 0 Å². The molecule has 1 aromatic carbocycles. The third kappa shape index (κ3) is 3.32. The number of hydrogen-bond acceptors (Lipinski definition) is 5. The van der Waals surface area contributed by atoms with Crippen LogP contribution in [-0.2, 0) is 6.42 Å². The highest BCUT2D eigenvalue weighted by atomic mass is 16.3. The number of rotatable bonds is 4. The Bertz CT molecular complexity index is 1180. The number of pyridine rings is 1. The number of hydrogen-bond donors (Lipinski definition) is 1. The lowest BCUT2D eigenvalue weighted by molar-refractivity contribution is 0.236. The van der Waals surface area contributed by atoms with Crippen molar-refractivity contribution in [2.24, 2.45) is 10.9 Å². The van der Waals surface area contributed by atoms with Crippen molar-refractivity contribution < 1.29 is 5.11 Å². The van der Waals surface area contributed by atoms with Gasteiger partial charge in [0.05, 0.1) is 28.7 Å². The molecule has 2 fully saturated rings.